The molecule has 0 N–H and O–H groups in total. The molecule has 1 aromatic rings. The van der Waals surface area contributed by atoms with Crippen LogP contribution in [0.15, 0.2) is 73.0 Å². The van der Waals surface area contributed by atoms with E-state index in [-0.39, 0.29) is 5.41 Å². The number of hydrogen-bond acceptors (Lipinski definition) is 4. The molecule has 30 heavy (non-hydrogen) atoms. The van der Waals surface area contributed by atoms with Gasteiger partial charge in [0.15, 0.2) is 0 Å². The largest absolute Gasteiger partial charge is 0.378 e. The minimum absolute atomic E-state index is 0.172. The highest BCUT2D eigenvalue weighted by Gasteiger charge is 2.45. The van der Waals surface area contributed by atoms with Crippen LogP contribution in [0.2, 0.25) is 0 Å². The maximum atomic E-state index is 5.46. The number of morpholine rings is 1. The van der Waals surface area contributed by atoms with Gasteiger partial charge in [0.25, 0.3) is 0 Å². The van der Waals surface area contributed by atoms with Crippen molar-refractivity contribution in [3.63, 3.8) is 0 Å². The third-order valence-corrected chi connectivity index (χ3v) is 5.96. The Morgan fingerprint density at radius 1 is 1.13 bits per heavy atom. The molecular formula is C25H34N4O. The van der Waals surface area contributed by atoms with Crippen molar-refractivity contribution in [1.29, 1.82) is 0 Å². The van der Waals surface area contributed by atoms with Crippen molar-refractivity contribution in [3.8, 4) is 0 Å². The standard InChI is InChI=1S/C25H34N4O/c1-5-8-11-21(7-3)25(14-15-25)20-24-27-26-23(28(24)4)13-9-12-22(10-6-2)29-16-18-30-19-17-29/h5-12H,2-3,13-20H2,1,4H3/b8-5-,12-9-,21-11+,22-10+. The predicted molar refractivity (Wildman–Crippen MR) is 123 cm³/mol. The van der Waals surface area contributed by atoms with E-state index in [4.69, 9.17) is 4.74 Å². The Bertz CT molecular complexity index is 862. The summed E-state index contributed by atoms with van der Waals surface area (Å²) in [6.07, 6.45) is 20.5. The van der Waals surface area contributed by atoms with Crippen molar-refractivity contribution in [2.24, 2.45) is 12.5 Å². The van der Waals surface area contributed by atoms with Gasteiger partial charge in [-0.3, -0.25) is 0 Å². The Morgan fingerprint density at radius 2 is 1.87 bits per heavy atom. The highest BCUT2D eigenvalue weighted by atomic mass is 16.5. The number of allylic oxidation sites excluding steroid dienone is 9. The van der Waals surface area contributed by atoms with Crippen LogP contribution in [0.1, 0.15) is 31.4 Å². The highest BCUT2D eigenvalue weighted by molar-refractivity contribution is 5.35. The van der Waals surface area contributed by atoms with Crippen molar-refractivity contribution in [1.82, 2.24) is 19.7 Å². The molecule has 0 aromatic carbocycles. The first-order valence-electron chi connectivity index (χ1n) is 10.8. The molecule has 3 rings (SSSR count). The van der Waals surface area contributed by atoms with E-state index in [1.165, 1.54) is 18.4 Å². The molecule has 0 spiro atoms. The Hall–Kier alpha value is -2.66. The lowest BCUT2D eigenvalue weighted by Crippen LogP contribution is -2.35. The van der Waals surface area contributed by atoms with Gasteiger partial charge in [-0.1, -0.05) is 49.6 Å². The van der Waals surface area contributed by atoms with E-state index in [0.717, 1.165) is 56.5 Å². The molecule has 0 amide bonds. The van der Waals surface area contributed by atoms with Gasteiger partial charge >= 0.3 is 0 Å². The SMILES string of the molecule is C=C/C=C(\C=C/Cc1nnc(CC2(/C(C=C)=C/C=C\C)CC2)n1C)N1CCOCC1. The Morgan fingerprint density at radius 3 is 2.50 bits per heavy atom. The van der Waals surface area contributed by atoms with E-state index in [9.17, 15) is 0 Å². The quantitative estimate of drug-likeness (QED) is 0.543. The lowest BCUT2D eigenvalue weighted by atomic mass is 9.91. The van der Waals surface area contributed by atoms with Crippen LogP contribution >= 0.6 is 0 Å². The van der Waals surface area contributed by atoms with Gasteiger partial charge in [-0.15, -0.1) is 10.2 Å². The zero-order valence-electron chi connectivity index (χ0n) is 18.4. The van der Waals surface area contributed by atoms with Gasteiger partial charge in [0, 0.05) is 44.1 Å². The van der Waals surface area contributed by atoms with Gasteiger partial charge in [-0.05, 0) is 37.5 Å². The maximum Gasteiger partial charge on any atom is 0.136 e. The highest BCUT2D eigenvalue weighted by Crippen LogP contribution is 2.54. The first-order valence-corrected chi connectivity index (χ1v) is 10.8. The van der Waals surface area contributed by atoms with Crippen molar-refractivity contribution in [2.75, 3.05) is 26.3 Å². The summed E-state index contributed by atoms with van der Waals surface area (Å²) < 4.78 is 7.60. The van der Waals surface area contributed by atoms with Crippen LogP contribution in [0.5, 0.6) is 0 Å². The number of aromatic nitrogens is 3. The van der Waals surface area contributed by atoms with E-state index in [1.54, 1.807) is 0 Å². The van der Waals surface area contributed by atoms with Gasteiger partial charge in [-0.25, -0.2) is 0 Å². The van der Waals surface area contributed by atoms with E-state index in [0.29, 0.717) is 0 Å². The number of ether oxygens (including phenoxy) is 1. The summed E-state index contributed by atoms with van der Waals surface area (Å²) in [4.78, 5) is 2.33. The van der Waals surface area contributed by atoms with Crippen LogP contribution in [-0.2, 0) is 24.6 Å². The monoisotopic (exact) mass is 406 g/mol. The van der Waals surface area contributed by atoms with E-state index in [1.807, 2.05) is 19.1 Å². The summed E-state index contributed by atoms with van der Waals surface area (Å²) in [6, 6.07) is 0. The minimum atomic E-state index is 0.172. The normalized spacial score (nSPS) is 19.6. The van der Waals surface area contributed by atoms with Crippen LogP contribution in [0.25, 0.3) is 0 Å². The molecule has 0 bridgehead atoms. The smallest absolute Gasteiger partial charge is 0.136 e. The molecule has 5 nitrogen and oxygen atoms in total. The third-order valence-electron chi connectivity index (χ3n) is 5.96. The summed E-state index contributed by atoms with van der Waals surface area (Å²) in [5.74, 6) is 2.02. The van der Waals surface area contributed by atoms with E-state index < -0.39 is 0 Å². The zero-order chi connectivity index (χ0) is 21.4. The minimum Gasteiger partial charge on any atom is -0.378 e. The van der Waals surface area contributed by atoms with Gasteiger partial charge in [0.05, 0.1) is 13.2 Å². The summed E-state index contributed by atoms with van der Waals surface area (Å²) >= 11 is 0. The second kappa shape index (κ2) is 10.4. The molecule has 1 aromatic heterocycles. The van der Waals surface area contributed by atoms with Crippen LogP contribution < -0.4 is 0 Å². The zero-order valence-corrected chi connectivity index (χ0v) is 18.4. The molecule has 1 saturated carbocycles. The van der Waals surface area contributed by atoms with Crippen molar-refractivity contribution >= 4 is 0 Å². The average Bonchev–Trinajstić information content (AvgIpc) is 3.47. The fourth-order valence-corrected chi connectivity index (χ4v) is 3.91. The summed E-state index contributed by atoms with van der Waals surface area (Å²) in [7, 11) is 2.07. The van der Waals surface area contributed by atoms with Gasteiger partial charge in [0.2, 0.25) is 0 Å². The average molecular weight is 407 g/mol. The third kappa shape index (κ3) is 5.28. The van der Waals surface area contributed by atoms with E-state index >= 15 is 0 Å². The Labute approximate surface area is 180 Å². The molecule has 2 heterocycles. The molecule has 160 valence electrons. The topological polar surface area (TPSA) is 43.2 Å². The summed E-state index contributed by atoms with van der Waals surface area (Å²) in [5.41, 5.74) is 2.64. The van der Waals surface area contributed by atoms with Gasteiger partial charge < -0.3 is 14.2 Å². The molecular weight excluding hydrogens is 372 g/mol. The first kappa shape index (κ1) is 22.0. The van der Waals surface area contributed by atoms with Gasteiger partial charge in [-0.2, -0.15) is 0 Å². The second-order valence-electron chi connectivity index (χ2n) is 7.93. The predicted octanol–water partition coefficient (Wildman–Crippen LogP) is 4.33. The Balaban J connectivity index is 1.66. The fourth-order valence-electron chi connectivity index (χ4n) is 3.91. The van der Waals surface area contributed by atoms with Gasteiger partial charge in [0.1, 0.15) is 11.6 Å². The molecule has 1 aliphatic heterocycles. The molecule has 1 saturated heterocycles. The maximum absolute atomic E-state index is 5.46. The molecule has 1 aliphatic carbocycles. The van der Waals surface area contributed by atoms with Crippen LogP contribution in [0.4, 0.5) is 0 Å². The molecule has 0 unspecified atom stereocenters. The van der Waals surface area contributed by atoms with Crippen molar-refractivity contribution in [2.45, 2.75) is 32.6 Å². The fraction of sp³-hybridized carbons (Fsp3) is 0.440. The first-order chi connectivity index (χ1) is 14.6. The summed E-state index contributed by atoms with van der Waals surface area (Å²) in [6.45, 7) is 13.3. The van der Waals surface area contributed by atoms with Crippen molar-refractivity contribution < 1.29 is 4.74 Å². The lowest BCUT2D eigenvalue weighted by molar-refractivity contribution is 0.0554. The number of nitrogens with zero attached hydrogens (tertiary/aromatic N) is 4. The van der Waals surface area contributed by atoms with Crippen LogP contribution in [0.3, 0.4) is 0 Å². The number of rotatable bonds is 10. The summed E-state index contributed by atoms with van der Waals surface area (Å²) in [5, 5.41) is 8.96. The molecule has 0 radical (unpaired) electrons. The molecule has 0 atom stereocenters. The van der Waals surface area contributed by atoms with E-state index in [2.05, 4.69) is 76.3 Å². The molecule has 2 aliphatic rings. The van der Waals surface area contributed by atoms with Crippen LogP contribution in [0, 0.1) is 5.41 Å². The second-order valence-corrected chi connectivity index (χ2v) is 7.93. The number of hydrogen-bond donors (Lipinski definition) is 0. The molecule has 2 fully saturated rings. The van der Waals surface area contributed by atoms with Crippen molar-refractivity contribution in [3.05, 3.63) is 84.7 Å². The van der Waals surface area contributed by atoms with Crippen LogP contribution in [-0.4, -0.2) is 46.0 Å². The molecule has 5 heteroatoms. The lowest BCUT2D eigenvalue weighted by Gasteiger charge is -2.29. The Kier molecular flexibility index (Phi) is 7.63.